The number of carbonyl (C=O) groups is 2. The van der Waals surface area contributed by atoms with Crippen LogP contribution in [0.1, 0.15) is 21.6 Å². The third-order valence-corrected chi connectivity index (χ3v) is 6.17. The van der Waals surface area contributed by atoms with Crippen LogP contribution in [0.5, 0.6) is 0 Å². The standard InChI is InChI=1S/C26H29N3O2S/c1-4-15-28(26(31)27-24-14-8-10-20(2)21(24)3)19-25(30)29(18-23-13-9-16-32-23)17-22-11-6-5-7-12-22/h4-14,16H,1,15,17-19H2,2-3H3,(H,27,31). The number of benzene rings is 2. The fourth-order valence-corrected chi connectivity index (χ4v) is 4.07. The monoisotopic (exact) mass is 447 g/mol. The summed E-state index contributed by atoms with van der Waals surface area (Å²) in [4.78, 5) is 30.7. The van der Waals surface area contributed by atoms with E-state index in [9.17, 15) is 9.59 Å². The van der Waals surface area contributed by atoms with Crippen molar-refractivity contribution in [3.05, 3.63) is 100 Å². The Morgan fingerprint density at radius 3 is 2.44 bits per heavy atom. The molecule has 0 saturated carbocycles. The molecule has 2 aromatic carbocycles. The lowest BCUT2D eigenvalue weighted by atomic mass is 10.1. The fourth-order valence-electron chi connectivity index (χ4n) is 3.35. The predicted octanol–water partition coefficient (Wildman–Crippen LogP) is 5.61. The zero-order valence-electron chi connectivity index (χ0n) is 18.6. The van der Waals surface area contributed by atoms with E-state index < -0.39 is 0 Å². The van der Waals surface area contributed by atoms with Gasteiger partial charge in [-0.1, -0.05) is 54.6 Å². The van der Waals surface area contributed by atoms with Gasteiger partial charge in [-0.15, -0.1) is 17.9 Å². The van der Waals surface area contributed by atoms with Crippen LogP contribution in [0.15, 0.2) is 78.7 Å². The Labute approximate surface area is 194 Å². The van der Waals surface area contributed by atoms with E-state index in [-0.39, 0.29) is 25.0 Å². The molecule has 0 unspecified atom stereocenters. The van der Waals surface area contributed by atoms with Crippen molar-refractivity contribution in [1.29, 1.82) is 0 Å². The van der Waals surface area contributed by atoms with Crippen LogP contribution in [-0.2, 0) is 17.9 Å². The van der Waals surface area contributed by atoms with Crippen LogP contribution < -0.4 is 5.32 Å². The summed E-state index contributed by atoms with van der Waals surface area (Å²) in [6, 6.07) is 19.3. The van der Waals surface area contributed by atoms with Crippen molar-refractivity contribution in [1.82, 2.24) is 9.80 Å². The number of thiophene rings is 1. The van der Waals surface area contributed by atoms with Gasteiger partial charge in [-0.2, -0.15) is 0 Å². The quantitative estimate of drug-likeness (QED) is 0.433. The predicted molar refractivity (Wildman–Crippen MR) is 132 cm³/mol. The molecule has 0 fully saturated rings. The van der Waals surface area contributed by atoms with Crippen molar-refractivity contribution in [3.8, 4) is 0 Å². The Balaban J connectivity index is 1.75. The fraction of sp³-hybridized carbons (Fsp3) is 0.231. The summed E-state index contributed by atoms with van der Waals surface area (Å²) in [5, 5.41) is 4.95. The number of urea groups is 1. The number of carbonyl (C=O) groups excluding carboxylic acids is 2. The van der Waals surface area contributed by atoms with Crippen LogP contribution in [0.2, 0.25) is 0 Å². The molecule has 0 saturated heterocycles. The summed E-state index contributed by atoms with van der Waals surface area (Å²) in [6.07, 6.45) is 1.64. The summed E-state index contributed by atoms with van der Waals surface area (Å²) in [5.74, 6) is -0.111. The van der Waals surface area contributed by atoms with Crippen molar-refractivity contribution in [2.45, 2.75) is 26.9 Å². The zero-order valence-corrected chi connectivity index (χ0v) is 19.4. The normalized spacial score (nSPS) is 10.4. The van der Waals surface area contributed by atoms with Gasteiger partial charge in [-0.25, -0.2) is 4.79 Å². The number of nitrogens with one attached hydrogen (secondary N) is 1. The summed E-state index contributed by atoms with van der Waals surface area (Å²) in [5.41, 5.74) is 3.90. The highest BCUT2D eigenvalue weighted by atomic mass is 32.1. The van der Waals surface area contributed by atoms with Crippen molar-refractivity contribution >= 4 is 29.0 Å². The highest BCUT2D eigenvalue weighted by Gasteiger charge is 2.22. The molecule has 0 aliphatic heterocycles. The molecule has 6 heteroatoms. The maximum Gasteiger partial charge on any atom is 0.322 e. The minimum absolute atomic E-state index is 0.0269. The zero-order chi connectivity index (χ0) is 22.9. The molecule has 1 N–H and O–H groups in total. The molecule has 0 spiro atoms. The van der Waals surface area contributed by atoms with Gasteiger partial charge in [0.15, 0.2) is 0 Å². The molecule has 3 aromatic rings. The lowest BCUT2D eigenvalue weighted by Crippen LogP contribution is -2.44. The van der Waals surface area contributed by atoms with Gasteiger partial charge in [0.05, 0.1) is 6.54 Å². The van der Waals surface area contributed by atoms with Gasteiger partial charge >= 0.3 is 6.03 Å². The molecule has 32 heavy (non-hydrogen) atoms. The van der Waals surface area contributed by atoms with Gasteiger partial charge in [0, 0.05) is 23.7 Å². The Morgan fingerprint density at radius 2 is 1.75 bits per heavy atom. The van der Waals surface area contributed by atoms with Crippen LogP contribution in [0, 0.1) is 13.8 Å². The van der Waals surface area contributed by atoms with E-state index in [1.54, 1.807) is 22.3 Å². The Bertz CT molecular complexity index is 1050. The van der Waals surface area contributed by atoms with Gasteiger partial charge < -0.3 is 15.1 Å². The summed E-state index contributed by atoms with van der Waals surface area (Å²) in [7, 11) is 0. The minimum Gasteiger partial charge on any atom is -0.332 e. The summed E-state index contributed by atoms with van der Waals surface area (Å²) < 4.78 is 0. The average molecular weight is 448 g/mol. The number of hydrogen-bond donors (Lipinski definition) is 1. The molecule has 1 aromatic heterocycles. The number of rotatable bonds is 9. The molecule has 0 atom stereocenters. The van der Waals surface area contributed by atoms with E-state index >= 15 is 0 Å². The second kappa shape index (κ2) is 11.3. The van der Waals surface area contributed by atoms with E-state index in [0.29, 0.717) is 13.1 Å². The first-order valence-corrected chi connectivity index (χ1v) is 11.4. The van der Waals surface area contributed by atoms with Gasteiger partial charge in [0.25, 0.3) is 0 Å². The molecule has 5 nitrogen and oxygen atoms in total. The minimum atomic E-state index is -0.317. The highest BCUT2D eigenvalue weighted by Crippen LogP contribution is 2.19. The topological polar surface area (TPSA) is 52.7 Å². The molecule has 166 valence electrons. The van der Waals surface area contributed by atoms with Crippen LogP contribution in [0.3, 0.4) is 0 Å². The number of nitrogens with zero attached hydrogens (tertiary/aromatic N) is 2. The lowest BCUT2D eigenvalue weighted by Gasteiger charge is -2.27. The van der Waals surface area contributed by atoms with Crippen molar-refractivity contribution in [3.63, 3.8) is 0 Å². The lowest BCUT2D eigenvalue weighted by molar-refractivity contribution is -0.132. The molecule has 0 aliphatic rings. The molecule has 0 bridgehead atoms. The van der Waals surface area contributed by atoms with Crippen molar-refractivity contribution < 1.29 is 9.59 Å². The maximum atomic E-state index is 13.3. The molecule has 3 rings (SSSR count). The van der Waals surface area contributed by atoms with Gasteiger partial charge in [-0.05, 0) is 48.1 Å². The van der Waals surface area contributed by atoms with Crippen LogP contribution in [0.4, 0.5) is 10.5 Å². The van der Waals surface area contributed by atoms with Gasteiger partial charge in [-0.3, -0.25) is 4.79 Å². The van der Waals surface area contributed by atoms with E-state index in [0.717, 1.165) is 27.3 Å². The Kier molecular flexibility index (Phi) is 8.22. The van der Waals surface area contributed by atoms with Crippen molar-refractivity contribution in [2.24, 2.45) is 0 Å². The molecular weight excluding hydrogens is 418 g/mol. The number of aryl methyl sites for hydroxylation is 1. The summed E-state index contributed by atoms with van der Waals surface area (Å²) >= 11 is 1.62. The molecule has 1 heterocycles. The first-order valence-electron chi connectivity index (χ1n) is 10.5. The van der Waals surface area contributed by atoms with Gasteiger partial charge in [0.1, 0.15) is 6.54 Å². The number of amides is 3. The Morgan fingerprint density at radius 1 is 0.969 bits per heavy atom. The van der Waals surface area contributed by atoms with E-state index in [1.807, 2.05) is 79.9 Å². The van der Waals surface area contributed by atoms with Crippen LogP contribution in [0.25, 0.3) is 0 Å². The largest absolute Gasteiger partial charge is 0.332 e. The summed E-state index contributed by atoms with van der Waals surface area (Å²) in [6.45, 7) is 8.97. The SMILES string of the molecule is C=CCN(CC(=O)N(Cc1ccccc1)Cc1cccs1)C(=O)Nc1cccc(C)c1C. The van der Waals surface area contributed by atoms with Crippen LogP contribution >= 0.6 is 11.3 Å². The molecule has 3 amide bonds. The molecule has 0 radical (unpaired) electrons. The smallest absolute Gasteiger partial charge is 0.322 e. The first-order chi connectivity index (χ1) is 15.5. The third-order valence-electron chi connectivity index (χ3n) is 5.30. The van der Waals surface area contributed by atoms with E-state index in [2.05, 4.69) is 11.9 Å². The number of anilines is 1. The number of hydrogen-bond acceptors (Lipinski definition) is 3. The first kappa shape index (κ1) is 23.3. The molecular formula is C26H29N3O2S. The van der Waals surface area contributed by atoms with Gasteiger partial charge in [0.2, 0.25) is 5.91 Å². The average Bonchev–Trinajstić information content (AvgIpc) is 3.30. The second-order valence-corrected chi connectivity index (χ2v) is 8.69. The molecule has 0 aliphatic carbocycles. The van der Waals surface area contributed by atoms with Crippen LogP contribution in [-0.4, -0.2) is 34.8 Å². The van der Waals surface area contributed by atoms with E-state index in [1.165, 1.54) is 4.90 Å². The Hall–Kier alpha value is -3.38. The van der Waals surface area contributed by atoms with Crippen molar-refractivity contribution in [2.75, 3.05) is 18.4 Å². The second-order valence-electron chi connectivity index (χ2n) is 7.66. The maximum absolute atomic E-state index is 13.3. The highest BCUT2D eigenvalue weighted by molar-refractivity contribution is 7.09. The third kappa shape index (κ3) is 6.31. The van der Waals surface area contributed by atoms with E-state index in [4.69, 9.17) is 0 Å².